The smallest absolute Gasteiger partial charge is 0.413 e. The van der Waals surface area contributed by atoms with Crippen LogP contribution in [0.25, 0.3) is 0 Å². The molecule has 16 N–H and O–H groups in total. The molecule has 608 valence electrons. The first kappa shape index (κ1) is 87.0. The second kappa shape index (κ2) is 35.2. The minimum absolute atomic E-state index is 0.0976. The first-order valence-corrected chi connectivity index (χ1v) is 41.8. The number of hydrogen-bond acceptors (Lipinski definition) is 25. The molecule has 7 atom stereocenters. The number of amides is 5. The maximum absolute atomic E-state index is 13.2. The minimum Gasteiger partial charge on any atom is -0.444 e. The maximum Gasteiger partial charge on any atom is 0.413 e. The molecule has 5 amide bonds. The van der Waals surface area contributed by atoms with Crippen LogP contribution >= 0.6 is 31.9 Å². The van der Waals surface area contributed by atoms with Crippen LogP contribution in [0, 0.1) is 34.6 Å². The largest absolute Gasteiger partial charge is 0.444 e. The third-order valence-corrected chi connectivity index (χ3v) is 26.6. The number of ketones is 1. The van der Waals surface area contributed by atoms with Crippen molar-refractivity contribution < 1.29 is 53.2 Å². The predicted octanol–water partition coefficient (Wildman–Crippen LogP) is 8.65. The fourth-order valence-electron chi connectivity index (χ4n) is 14.5. The van der Waals surface area contributed by atoms with Gasteiger partial charge in [0.1, 0.15) is 111 Å². The van der Waals surface area contributed by atoms with E-state index in [0.717, 1.165) is 75.5 Å². The van der Waals surface area contributed by atoms with E-state index in [0.29, 0.717) is 110 Å². The van der Waals surface area contributed by atoms with Gasteiger partial charge in [0.25, 0.3) is 45.9 Å². The number of aromatic nitrogens is 10. The zero-order valence-corrected chi connectivity index (χ0v) is 69.8. The number of aliphatic hydroxyl groups excluding tert-OH is 3. The third kappa shape index (κ3) is 19.5. The number of aryl methyl sites for hydroxylation is 5. The Morgan fingerprint density at radius 3 is 1.36 bits per heavy atom. The number of aromatic amines is 1. The van der Waals surface area contributed by atoms with Crippen molar-refractivity contribution in [2.24, 2.45) is 5.73 Å². The number of nitrogens with two attached hydrogens (primary N) is 3. The van der Waals surface area contributed by atoms with Crippen molar-refractivity contribution in [2.75, 3.05) is 27.4 Å². The maximum atomic E-state index is 13.2. The van der Waals surface area contributed by atoms with Crippen LogP contribution in [0.5, 0.6) is 0 Å². The Labute approximate surface area is 669 Å². The van der Waals surface area contributed by atoms with Crippen LogP contribution in [0.4, 0.5) is 45.3 Å². The number of nitrogens with one attached hydrogen (secondary N) is 7. The number of rotatable bonds is 8. The fourth-order valence-corrected chi connectivity index (χ4v) is 16.8. The van der Waals surface area contributed by atoms with E-state index >= 15 is 0 Å². The average Bonchev–Trinajstić information content (AvgIpc) is 1.59. The molecule has 37 heteroatoms. The number of hydrogen-bond donors (Lipinski definition) is 13. The van der Waals surface area contributed by atoms with E-state index in [1.165, 1.54) is 44.8 Å². The Hall–Kier alpha value is -9.92. The summed E-state index contributed by atoms with van der Waals surface area (Å²) < 4.78 is 16.3. The van der Waals surface area contributed by atoms with E-state index in [1.54, 1.807) is 78.8 Å². The van der Waals surface area contributed by atoms with Gasteiger partial charge in [-0.25, -0.2) is 34.7 Å². The van der Waals surface area contributed by atoms with Gasteiger partial charge in [0, 0.05) is 30.3 Å². The fraction of sp³-hybridized carbons (Fsp3) is 0.500. The number of carbonyl (C=O) groups is 6. The van der Waals surface area contributed by atoms with Gasteiger partial charge in [-0.3, -0.25) is 62.2 Å². The van der Waals surface area contributed by atoms with E-state index in [-0.39, 0.29) is 74.1 Å². The molecule has 4 aliphatic carbocycles. The van der Waals surface area contributed by atoms with Gasteiger partial charge < -0.3 is 73.3 Å². The second-order valence-electron chi connectivity index (χ2n) is 31.6. The first-order valence-electron chi connectivity index (χ1n) is 37.3. The summed E-state index contributed by atoms with van der Waals surface area (Å²) >= 11 is 6.27. The molecule has 4 saturated carbocycles. The molecule has 3 spiro atoms. The Morgan fingerprint density at radius 2 is 0.947 bits per heavy atom. The van der Waals surface area contributed by atoms with E-state index in [2.05, 4.69) is 133 Å². The van der Waals surface area contributed by atoms with Gasteiger partial charge in [0.2, 0.25) is 0 Å². The summed E-state index contributed by atoms with van der Waals surface area (Å²) in [5.74, 6) is 0.536. The van der Waals surface area contributed by atoms with Crippen molar-refractivity contribution in [1.29, 1.82) is 0 Å². The number of halogens is 2. The molecule has 10 heterocycles. The van der Waals surface area contributed by atoms with Gasteiger partial charge in [-0.2, -0.15) is 0 Å². The van der Waals surface area contributed by atoms with Crippen LogP contribution < -0.4 is 71.3 Å². The molecule has 7 aromatic heterocycles. The summed E-state index contributed by atoms with van der Waals surface area (Å²) in [7, 11) is -1.75. The number of nitrogen functional groups attached to an aromatic ring is 2. The van der Waals surface area contributed by atoms with Crippen molar-refractivity contribution in [3.8, 4) is 0 Å². The summed E-state index contributed by atoms with van der Waals surface area (Å²) in [6, 6.07) is 11.2. The standard InChI is InChI=1S/C18H21N5O3.C17H20N6O3.C13H15BrN2O3.C12H24O2Si.C9H14N4O2.C7H7BrN2O2/c1-10-7-12(21-14-8-11(2)19-9-20-14)17(26)23-15(10)16(25)22-18(23)6-4-3-5-13(18)24;1-9-6-10(21-13-7-12(18)19-8-20-13)16(26)23-14(9)15(25)22-17(23)5-3-2-4-11(17)24;1-7-6-8(14)12(19)16-10(7)11(18)15-13(16)5-3-2-4-9(13)17;1-12(2,3)15(4,5)14-11-9-7-6-8-10(11)13;1-9(2,3)15-8(14)13-7-4-6(10)11-5-12-7;1-3-2-4(8)7(12)10-5(3)6(9)11/h7-9,13,24H,3-6H2,1-2H3,(H,22,25)(H,19,20,21);6-8,11,24H,2-5H2,1H3,(H,22,25)(H3,18,19,20,21);6,9,17H,2-5H2,1H3,(H,15,18);11H,6-9H2,1-5H3;4-5H,1-3H3,(H3,10,11,12,13,14);2H,1H3,(H2,9,11)(H,10,12). The lowest BCUT2D eigenvalue weighted by molar-refractivity contribution is -0.128. The van der Waals surface area contributed by atoms with Crippen LogP contribution in [0.1, 0.15) is 214 Å². The van der Waals surface area contributed by atoms with Crippen molar-refractivity contribution in [3.05, 3.63) is 163 Å². The Bertz CT molecular complexity index is 4910. The monoisotopic (exact) mass is 1710 g/mol. The molecule has 0 bridgehead atoms. The van der Waals surface area contributed by atoms with Gasteiger partial charge in [0.05, 0.1) is 27.3 Å². The van der Waals surface area contributed by atoms with Gasteiger partial charge in [-0.05, 0) is 223 Å². The number of nitrogens with zero attached hydrogens (tertiary/aromatic N) is 9. The number of ether oxygens (including phenoxy) is 1. The number of aliphatic hydroxyl groups is 3. The molecule has 3 aliphatic heterocycles. The lowest BCUT2D eigenvalue weighted by Crippen LogP contribution is -2.57. The van der Waals surface area contributed by atoms with Crippen molar-refractivity contribution >= 4 is 116 Å². The Morgan fingerprint density at radius 1 is 0.540 bits per heavy atom. The van der Waals surface area contributed by atoms with E-state index < -0.39 is 61.2 Å². The summed E-state index contributed by atoms with van der Waals surface area (Å²) in [5, 5.41) is 48.8. The molecule has 14 rings (SSSR count). The summed E-state index contributed by atoms with van der Waals surface area (Å²) in [5.41, 5.74) is 16.3. The molecule has 7 aliphatic rings. The van der Waals surface area contributed by atoms with Crippen molar-refractivity contribution in [3.63, 3.8) is 0 Å². The minimum atomic E-state index is -1.75. The lowest BCUT2D eigenvalue weighted by Gasteiger charge is -2.39. The molecule has 0 aromatic carbocycles. The zero-order chi connectivity index (χ0) is 83.2. The average molecular weight is 1710 g/mol. The van der Waals surface area contributed by atoms with E-state index in [9.17, 15) is 63.3 Å². The highest BCUT2D eigenvalue weighted by molar-refractivity contribution is 9.10. The van der Waals surface area contributed by atoms with Crippen LogP contribution in [-0.2, 0) is 30.9 Å². The van der Waals surface area contributed by atoms with Crippen LogP contribution in [0.15, 0.2) is 89.6 Å². The number of pyridine rings is 4. The highest BCUT2D eigenvalue weighted by Crippen LogP contribution is 2.42. The third-order valence-electron chi connectivity index (χ3n) is 21.0. The lowest BCUT2D eigenvalue weighted by atomic mass is 9.86. The Kier molecular flexibility index (Phi) is 27.1. The van der Waals surface area contributed by atoms with Crippen molar-refractivity contribution in [2.45, 2.75) is 244 Å². The predicted molar refractivity (Wildman–Crippen MR) is 433 cm³/mol. The molecule has 113 heavy (non-hydrogen) atoms. The number of primary amides is 1. The van der Waals surface area contributed by atoms with Crippen molar-refractivity contribution in [1.82, 2.24) is 64.5 Å². The van der Waals surface area contributed by atoms with Crippen LogP contribution in [0.2, 0.25) is 18.1 Å². The molecule has 0 radical (unpaired) electrons. The normalized spacial score (nSPS) is 21.9. The summed E-state index contributed by atoms with van der Waals surface area (Å²) in [4.78, 5) is 147. The van der Waals surface area contributed by atoms with Gasteiger partial charge >= 0.3 is 6.09 Å². The Balaban J connectivity index is 0.000000159. The number of fused-ring (bicyclic) bond motifs is 6. The molecular weight excluding hydrogens is 1610 g/mol. The quantitative estimate of drug-likeness (QED) is 0.0633. The highest BCUT2D eigenvalue weighted by Gasteiger charge is 2.54. The second-order valence-corrected chi connectivity index (χ2v) is 38.0. The van der Waals surface area contributed by atoms with Crippen LogP contribution in [-0.4, -0.2) is 138 Å². The number of anilines is 7. The number of H-pyrrole nitrogens is 1. The molecule has 7 aromatic rings. The molecular formula is C76H101Br2N19O15Si. The zero-order valence-electron chi connectivity index (χ0n) is 65.7. The molecule has 4 fully saturated rings. The van der Waals surface area contributed by atoms with E-state index in [1.807, 2.05) is 6.92 Å². The molecule has 0 saturated heterocycles. The SMILES string of the molecule is CC(C)(C)OC(=O)Nc1cc(N)ncn1.CC(C)(C)[Si](C)(C)OC1CCCCC1=O.Cc1cc(Br)c(=O)[nH]c1C(N)=O.Cc1cc(Br)c(=O)n2c1C(=O)NC21CCCCC1O.Cc1cc(Nc2cc(C)c3n(c2=O)C2(CCCCC2O)NC3=O)ncn1.Cc1cc(Nc2cc(N)ncn2)c(=O)n2c1C(=O)NC21CCCCC1O. The number of Topliss-reactive ketones (excluding diaryl/α,β-unsaturated/α-hetero) is 1. The number of carbonyl (C=O) groups excluding carboxylic acids is 6. The first-order chi connectivity index (χ1) is 52.9. The van der Waals surface area contributed by atoms with Gasteiger partial charge in [-0.1, -0.05) is 46.5 Å². The highest BCUT2D eigenvalue weighted by atomic mass is 79.9. The summed E-state index contributed by atoms with van der Waals surface area (Å²) in [6.45, 7) is 25.3. The molecule has 7 unspecified atom stereocenters. The van der Waals surface area contributed by atoms with Gasteiger partial charge in [-0.15, -0.1) is 0 Å². The van der Waals surface area contributed by atoms with E-state index in [4.69, 9.17) is 26.4 Å². The summed E-state index contributed by atoms with van der Waals surface area (Å²) in [6.07, 6.45) is 13.3. The topological polar surface area (TPSA) is 508 Å². The van der Waals surface area contributed by atoms with Gasteiger partial charge in [0.15, 0.2) is 14.1 Å². The van der Waals surface area contributed by atoms with Crippen LogP contribution in [0.3, 0.4) is 0 Å². The molecule has 34 nitrogen and oxygen atoms in total.